The lowest BCUT2D eigenvalue weighted by Crippen LogP contribution is -2.45. The molecule has 0 aromatic heterocycles. The van der Waals surface area contributed by atoms with Crippen LogP contribution in [0.1, 0.15) is 32.1 Å². The van der Waals surface area contributed by atoms with Crippen LogP contribution in [0.5, 0.6) is 0 Å². The minimum absolute atomic E-state index is 0.00171. The normalized spacial score (nSPS) is 23.3. The highest BCUT2D eigenvalue weighted by molar-refractivity contribution is 6.35. The number of nitrogens with one attached hydrogen (secondary N) is 1. The smallest absolute Gasteiger partial charge is 0.247 e. The lowest BCUT2D eigenvalue weighted by atomic mass is 9.93. The Morgan fingerprint density at radius 2 is 2.00 bits per heavy atom. The van der Waals surface area contributed by atoms with Crippen LogP contribution < -0.4 is 5.32 Å². The Morgan fingerprint density at radius 3 is 2.75 bits per heavy atom. The van der Waals surface area contributed by atoms with Crippen molar-refractivity contribution in [2.75, 3.05) is 11.9 Å². The lowest BCUT2D eigenvalue weighted by molar-refractivity contribution is -0.140. The molecule has 24 heavy (non-hydrogen) atoms. The van der Waals surface area contributed by atoms with Crippen molar-refractivity contribution in [2.24, 2.45) is 5.92 Å². The number of rotatable bonds is 3. The molecule has 0 radical (unpaired) electrons. The van der Waals surface area contributed by atoms with Gasteiger partial charge in [-0.15, -0.1) is 0 Å². The highest BCUT2D eigenvalue weighted by atomic mass is 35.5. The fraction of sp³-hybridized carbons (Fsp3) is 0.444. The molecule has 1 N–H and O–H groups in total. The second-order valence-electron chi connectivity index (χ2n) is 6.28. The number of carbonyl (C=O) groups is 2. The molecule has 0 spiro atoms. The van der Waals surface area contributed by atoms with Gasteiger partial charge < -0.3 is 10.2 Å². The highest BCUT2D eigenvalue weighted by Crippen LogP contribution is 2.29. The molecule has 4 nitrogen and oxygen atoms in total. The van der Waals surface area contributed by atoms with Crippen LogP contribution in [0.25, 0.3) is 0 Å². The van der Waals surface area contributed by atoms with Crippen molar-refractivity contribution in [3.05, 3.63) is 40.4 Å². The van der Waals surface area contributed by atoms with Crippen LogP contribution in [-0.4, -0.2) is 29.3 Å². The molecule has 128 valence electrons. The van der Waals surface area contributed by atoms with E-state index in [2.05, 4.69) is 17.5 Å². The number of hydrogen-bond acceptors (Lipinski definition) is 2. The Balaban J connectivity index is 1.70. The monoisotopic (exact) mass is 366 g/mol. The predicted octanol–water partition coefficient (Wildman–Crippen LogP) is 4.28. The first-order valence-corrected chi connectivity index (χ1v) is 9.03. The summed E-state index contributed by atoms with van der Waals surface area (Å²) in [6.07, 6.45) is 8.25. The van der Waals surface area contributed by atoms with Gasteiger partial charge in [0.1, 0.15) is 6.04 Å². The molecule has 1 aromatic carbocycles. The van der Waals surface area contributed by atoms with E-state index in [1.54, 1.807) is 23.1 Å². The van der Waals surface area contributed by atoms with E-state index in [1.807, 2.05) is 0 Å². The van der Waals surface area contributed by atoms with E-state index < -0.39 is 6.04 Å². The molecule has 0 bridgehead atoms. The van der Waals surface area contributed by atoms with Gasteiger partial charge in [-0.1, -0.05) is 35.4 Å². The summed E-state index contributed by atoms with van der Waals surface area (Å²) in [4.78, 5) is 27.1. The van der Waals surface area contributed by atoms with E-state index in [4.69, 9.17) is 23.2 Å². The van der Waals surface area contributed by atoms with Gasteiger partial charge in [-0.2, -0.15) is 0 Å². The van der Waals surface area contributed by atoms with E-state index in [9.17, 15) is 9.59 Å². The van der Waals surface area contributed by atoms with Gasteiger partial charge in [0.05, 0.1) is 10.7 Å². The van der Waals surface area contributed by atoms with Crippen LogP contribution in [0.15, 0.2) is 30.4 Å². The van der Waals surface area contributed by atoms with Crippen molar-refractivity contribution in [3.63, 3.8) is 0 Å². The Labute approximate surface area is 151 Å². The van der Waals surface area contributed by atoms with Crippen molar-refractivity contribution in [1.29, 1.82) is 0 Å². The average molecular weight is 367 g/mol. The number of carbonyl (C=O) groups excluding carboxylic acids is 2. The van der Waals surface area contributed by atoms with E-state index in [-0.39, 0.29) is 17.7 Å². The zero-order valence-corrected chi connectivity index (χ0v) is 14.8. The molecule has 1 heterocycles. The SMILES string of the molecule is O=C(Nc1cc(Cl)ccc1Cl)[C@H]1CCCN1C(=O)[C@@H]1CC=CCC1. The van der Waals surface area contributed by atoms with Gasteiger partial charge in [-0.3, -0.25) is 9.59 Å². The number of benzene rings is 1. The molecule has 2 aliphatic rings. The van der Waals surface area contributed by atoms with Gasteiger partial charge in [0.25, 0.3) is 0 Å². The van der Waals surface area contributed by atoms with E-state index in [0.717, 1.165) is 25.7 Å². The van der Waals surface area contributed by atoms with Crippen LogP contribution in [-0.2, 0) is 9.59 Å². The summed E-state index contributed by atoms with van der Waals surface area (Å²) in [5, 5.41) is 3.75. The molecule has 1 aromatic rings. The number of halogens is 2. The number of nitrogens with zero attached hydrogens (tertiary/aromatic N) is 1. The highest BCUT2D eigenvalue weighted by Gasteiger charge is 2.37. The summed E-state index contributed by atoms with van der Waals surface area (Å²) in [7, 11) is 0. The van der Waals surface area contributed by atoms with Gasteiger partial charge >= 0.3 is 0 Å². The Morgan fingerprint density at radius 1 is 1.17 bits per heavy atom. The Bertz CT molecular complexity index is 675. The summed E-state index contributed by atoms with van der Waals surface area (Å²) in [6, 6.07) is 4.50. The second-order valence-corrected chi connectivity index (χ2v) is 7.13. The largest absolute Gasteiger partial charge is 0.330 e. The standard InChI is InChI=1S/C18H20Cl2N2O2/c19-13-8-9-14(20)15(11-13)21-17(23)16-7-4-10-22(16)18(24)12-5-2-1-3-6-12/h1-2,8-9,11-12,16H,3-7,10H2,(H,21,23)/t12-,16-/m1/s1. The molecule has 3 rings (SSSR count). The topological polar surface area (TPSA) is 49.4 Å². The molecule has 1 saturated heterocycles. The van der Waals surface area contributed by atoms with Crippen molar-refractivity contribution >= 4 is 40.7 Å². The number of likely N-dealkylation sites (tertiary alicyclic amines) is 1. The molecule has 2 amide bonds. The van der Waals surface area contributed by atoms with Crippen LogP contribution in [0.3, 0.4) is 0 Å². The minimum atomic E-state index is -0.432. The number of amides is 2. The number of allylic oxidation sites excluding steroid dienone is 2. The van der Waals surface area contributed by atoms with Gasteiger partial charge in [-0.05, 0) is 50.3 Å². The fourth-order valence-electron chi connectivity index (χ4n) is 3.36. The molecule has 6 heteroatoms. The molecule has 1 fully saturated rings. The zero-order valence-electron chi connectivity index (χ0n) is 13.3. The zero-order chi connectivity index (χ0) is 17.1. The van der Waals surface area contributed by atoms with Crippen LogP contribution in [0.4, 0.5) is 5.69 Å². The predicted molar refractivity (Wildman–Crippen MR) is 96.3 cm³/mol. The molecule has 1 aliphatic carbocycles. The third kappa shape index (κ3) is 3.76. The van der Waals surface area contributed by atoms with Crippen molar-refractivity contribution in [3.8, 4) is 0 Å². The summed E-state index contributed by atoms with van der Waals surface area (Å²) in [5.41, 5.74) is 0.481. The summed E-state index contributed by atoms with van der Waals surface area (Å²) >= 11 is 12.1. The van der Waals surface area contributed by atoms with E-state index >= 15 is 0 Å². The van der Waals surface area contributed by atoms with E-state index in [0.29, 0.717) is 28.7 Å². The molecule has 0 unspecified atom stereocenters. The van der Waals surface area contributed by atoms with Crippen molar-refractivity contribution in [1.82, 2.24) is 4.90 Å². The first-order chi connectivity index (χ1) is 11.6. The summed E-state index contributed by atoms with van der Waals surface area (Å²) in [5.74, 6) is -0.108. The summed E-state index contributed by atoms with van der Waals surface area (Å²) < 4.78 is 0. The van der Waals surface area contributed by atoms with Gasteiger partial charge in [0, 0.05) is 17.5 Å². The molecule has 1 aliphatic heterocycles. The minimum Gasteiger partial charge on any atom is -0.330 e. The third-order valence-electron chi connectivity index (χ3n) is 4.64. The van der Waals surface area contributed by atoms with Crippen molar-refractivity contribution in [2.45, 2.75) is 38.1 Å². The van der Waals surface area contributed by atoms with Crippen LogP contribution >= 0.6 is 23.2 Å². The molecular formula is C18H20Cl2N2O2. The Kier molecular flexibility index (Phi) is 5.47. The molecule has 0 saturated carbocycles. The Hall–Kier alpha value is -1.52. The first-order valence-electron chi connectivity index (χ1n) is 8.27. The maximum Gasteiger partial charge on any atom is 0.247 e. The first kappa shape index (κ1) is 17.3. The lowest BCUT2D eigenvalue weighted by Gasteiger charge is -2.28. The van der Waals surface area contributed by atoms with Crippen LogP contribution in [0.2, 0.25) is 10.0 Å². The fourth-order valence-corrected chi connectivity index (χ4v) is 3.70. The van der Waals surface area contributed by atoms with E-state index in [1.165, 1.54) is 0 Å². The second kappa shape index (κ2) is 7.58. The number of hydrogen-bond donors (Lipinski definition) is 1. The summed E-state index contributed by atoms with van der Waals surface area (Å²) in [6.45, 7) is 0.639. The maximum absolute atomic E-state index is 12.8. The molecule has 2 atom stereocenters. The van der Waals surface area contributed by atoms with Gasteiger partial charge in [0.2, 0.25) is 11.8 Å². The van der Waals surface area contributed by atoms with Gasteiger partial charge in [0.15, 0.2) is 0 Å². The molecular weight excluding hydrogens is 347 g/mol. The quantitative estimate of drug-likeness (QED) is 0.811. The van der Waals surface area contributed by atoms with Crippen LogP contribution in [0, 0.1) is 5.92 Å². The maximum atomic E-state index is 12.8. The number of anilines is 1. The van der Waals surface area contributed by atoms with Gasteiger partial charge in [-0.25, -0.2) is 0 Å². The third-order valence-corrected chi connectivity index (χ3v) is 5.21. The average Bonchev–Trinajstić information content (AvgIpc) is 3.08. The van der Waals surface area contributed by atoms with Crippen molar-refractivity contribution < 1.29 is 9.59 Å².